The Morgan fingerprint density at radius 3 is 2.35 bits per heavy atom. The van der Waals surface area contributed by atoms with E-state index in [0.29, 0.717) is 24.1 Å². The number of benzene rings is 3. The molecule has 0 saturated carbocycles. The number of ether oxygens (including phenoxy) is 1. The number of esters is 1. The molecule has 1 aliphatic rings. The summed E-state index contributed by atoms with van der Waals surface area (Å²) in [7, 11) is 0. The van der Waals surface area contributed by atoms with Crippen molar-refractivity contribution in [3.63, 3.8) is 0 Å². The Hall–Kier alpha value is -4.10. The first-order valence-electron chi connectivity index (χ1n) is 11.3. The van der Waals surface area contributed by atoms with E-state index in [1.54, 1.807) is 35.4 Å². The van der Waals surface area contributed by atoms with Crippen molar-refractivity contribution < 1.29 is 14.3 Å². The van der Waals surface area contributed by atoms with Crippen LogP contribution in [0, 0.1) is 11.8 Å². The van der Waals surface area contributed by atoms with Crippen molar-refractivity contribution >= 4 is 18.0 Å². The molecule has 1 aliphatic heterocycles. The van der Waals surface area contributed by atoms with Gasteiger partial charge in [-0.15, -0.1) is 0 Å². The molecule has 0 spiro atoms. The molecule has 0 fully saturated rings. The first kappa shape index (κ1) is 23.1. The van der Waals surface area contributed by atoms with Gasteiger partial charge in [0.25, 0.3) is 5.91 Å². The molecule has 0 radical (unpaired) electrons. The Bertz CT molecular complexity index is 1290. The summed E-state index contributed by atoms with van der Waals surface area (Å²) in [6.07, 6.45) is 4.43. The van der Waals surface area contributed by atoms with Crippen LogP contribution in [0.25, 0.3) is 6.08 Å². The summed E-state index contributed by atoms with van der Waals surface area (Å²) in [5, 5.41) is 0. The molecule has 0 unspecified atom stereocenters. The number of amides is 1. The molecule has 1 heterocycles. The summed E-state index contributed by atoms with van der Waals surface area (Å²) >= 11 is 0. The third kappa shape index (κ3) is 5.82. The highest BCUT2D eigenvalue weighted by Crippen LogP contribution is 2.23. The largest absolute Gasteiger partial charge is 0.456 e. The lowest BCUT2D eigenvalue weighted by Gasteiger charge is -2.24. The van der Waals surface area contributed by atoms with Gasteiger partial charge in [0.15, 0.2) is 0 Å². The number of fused-ring (bicyclic) bond motifs is 1. The quantitative estimate of drug-likeness (QED) is 0.372. The van der Waals surface area contributed by atoms with E-state index in [-0.39, 0.29) is 5.91 Å². The summed E-state index contributed by atoms with van der Waals surface area (Å²) in [6, 6.07) is 22.8. The molecule has 4 heteroatoms. The Morgan fingerprint density at radius 2 is 1.65 bits per heavy atom. The molecule has 3 aromatic carbocycles. The van der Waals surface area contributed by atoms with E-state index in [1.165, 1.54) is 5.56 Å². The number of carbonyl (C=O) groups excluding carboxylic acids is 2. The van der Waals surface area contributed by atoms with Gasteiger partial charge in [-0.2, -0.15) is 0 Å². The van der Waals surface area contributed by atoms with Gasteiger partial charge in [-0.1, -0.05) is 48.2 Å². The van der Waals surface area contributed by atoms with Gasteiger partial charge < -0.3 is 9.64 Å². The molecule has 34 heavy (non-hydrogen) atoms. The lowest BCUT2D eigenvalue weighted by Crippen LogP contribution is -2.27. The zero-order chi connectivity index (χ0) is 24.1. The first-order valence-corrected chi connectivity index (χ1v) is 11.3. The predicted octanol–water partition coefficient (Wildman–Crippen LogP) is 5.86. The van der Waals surface area contributed by atoms with Gasteiger partial charge in [-0.05, 0) is 79.9 Å². The second kappa shape index (κ2) is 9.80. The summed E-state index contributed by atoms with van der Waals surface area (Å²) in [6.45, 7) is 5.93. The molecule has 0 bridgehead atoms. The number of hydrogen-bond donors (Lipinski definition) is 0. The molecule has 0 N–H and O–H groups in total. The molecular weight excluding hydrogens is 422 g/mol. The van der Waals surface area contributed by atoms with Crippen molar-refractivity contribution in [2.24, 2.45) is 0 Å². The summed E-state index contributed by atoms with van der Waals surface area (Å²) in [5.74, 6) is 5.93. The predicted molar refractivity (Wildman–Crippen MR) is 134 cm³/mol. The zero-order valence-corrected chi connectivity index (χ0v) is 19.7. The average Bonchev–Trinajstić information content (AvgIpc) is 2.83. The fourth-order valence-corrected chi connectivity index (χ4v) is 3.62. The molecule has 0 saturated heterocycles. The molecule has 170 valence electrons. The smallest absolute Gasteiger partial charge is 0.338 e. The van der Waals surface area contributed by atoms with E-state index in [0.717, 1.165) is 16.7 Å². The molecule has 3 aromatic rings. The molecule has 4 rings (SSSR count). The topological polar surface area (TPSA) is 46.6 Å². The van der Waals surface area contributed by atoms with Gasteiger partial charge in [0.05, 0.1) is 12.1 Å². The van der Waals surface area contributed by atoms with E-state index in [1.807, 2.05) is 63.2 Å². The summed E-state index contributed by atoms with van der Waals surface area (Å²) in [5.41, 5.74) is 4.61. The number of rotatable bonds is 3. The number of carbonyl (C=O) groups is 2. The van der Waals surface area contributed by atoms with Crippen molar-refractivity contribution in [1.82, 2.24) is 4.90 Å². The zero-order valence-electron chi connectivity index (χ0n) is 19.7. The maximum absolute atomic E-state index is 13.1. The molecule has 1 amide bonds. The van der Waals surface area contributed by atoms with Crippen LogP contribution in [0.2, 0.25) is 0 Å². The lowest BCUT2D eigenvalue weighted by molar-refractivity contribution is 0.00692. The molecule has 0 aliphatic carbocycles. The molecule has 0 atom stereocenters. The Kier molecular flexibility index (Phi) is 6.65. The van der Waals surface area contributed by atoms with Crippen molar-refractivity contribution in [3.05, 3.63) is 112 Å². The molecule has 4 nitrogen and oxygen atoms in total. The second-order valence-electron chi connectivity index (χ2n) is 9.21. The van der Waals surface area contributed by atoms with E-state index in [4.69, 9.17) is 4.74 Å². The van der Waals surface area contributed by atoms with Crippen LogP contribution >= 0.6 is 0 Å². The number of hydrogen-bond acceptors (Lipinski definition) is 3. The minimum Gasteiger partial charge on any atom is -0.456 e. The Balaban J connectivity index is 1.44. The molecule has 0 aromatic heterocycles. The highest BCUT2D eigenvalue weighted by molar-refractivity contribution is 5.97. The van der Waals surface area contributed by atoms with Crippen LogP contribution in [0.5, 0.6) is 0 Å². The molecular formula is C30H27NO3. The van der Waals surface area contributed by atoms with Gasteiger partial charge in [0.1, 0.15) is 5.60 Å². The number of nitrogens with zero attached hydrogens (tertiary/aromatic N) is 1. The second-order valence-corrected chi connectivity index (χ2v) is 9.21. The highest BCUT2D eigenvalue weighted by atomic mass is 16.6. The van der Waals surface area contributed by atoms with Crippen LogP contribution in [0.1, 0.15) is 63.7 Å². The van der Waals surface area contributed by atoms with Gasteiger partial charge in [0.2, 0.25) is 0 Å². The van der Waals surface area contributed by atoms with Crippen LogP contribution in [0.3, 0.4) is 0 Å². The fraction of sp³-hybridized carbons (Fsp3) is 0.200. The monoisotopic (exact) mass is 449 g/mol. The van der Waals surface area contributed by atoms with Gasteiger partial charge in [0, 0.05) is 23.7 Å². The standard InChI is InChI=1S/C30H27NO3/c1-30(2,3)34-29(33)26-16-14-25(15-17-26)28(32)31-19-18-24-13-12-23(20-27(24)21-31)11-7-10-22-8-5-4-6-9-22/h4-6,8-9,12-20H,10,21H2,1-3H3. The maximum Gasteiger partial charge on any atom is 0.338 e. The van der Waals surface area contributed by atoms with Crippen molar-refractivity contribution in [2.45, 2.75) is 39.3 Å². The van der Waals surface area contributed by atoms with Gasteiger partial charge in [-0.25, -0.2) is 4.79 Å². The van der Waals surface area contributed by atoms with Gasteiger partial charge >= 0.3 is 5.97 Å². The minimum atomic E-state index is -0.567. The van der Waals surface area contributed by atoms with Crippen LogP contribution in [0.15, 0.2) is 79.0 Å². The van der Waals surface area contributed by atoms with Crippen molar-refractivity contribution in [3.8, 4) is 11.8 Å². The minimum absolute atomic E-state index is 0.127. The highest BCUT2D eigenvalue weighted by Gasteiger charge is 2.21. The maximum atomic E-state index is 13.1. The van der Waals surface area contributed by atoms with Crippen molar-refractivity contribution in [2.75, 3.05) is 0 Å². The van der Waals surface area contributed by atoms with Crippen LogP contribution in [0.4, 0.5) is 0 Å². The Labute approximate surface area is 200 Å². The van der Waals surface area contributed by atoms with E-state index < -0.39 is 11.6 Å². The first-order chi connectivity index (χ1) is 16.3. The SMILES string of the molecule is CC(C)(C)OC(=O)c1ccc(C(=O)N2C=Cc3ccc(C#CCc4ccccc4)cc3C2)cc1. The van der Waals surface area contributed by atoms with Crippen molar-refractivity contribution in [1.29, 1.82) is 0 Å². The van der Waals surface area contributed by atoms with Crippen LogP contribution < -0.4 is 0 Å². The van der Waals surface area contributed by atoms with E-state index >= 15 is 0 Å². The summed E-state index contributed by atoms with van der Waals surface area (Å²) < 4.78 is 5.39. The summed E-state index contributed by atoms with van der Waals surface area (Å²) in [4.78, 5) is 27.0. The van der Waals surface area contributed by atoms with Gasteiger partial charge in [-0.3, -0.25) is 4.79 Å². The normalized spacial score (nSPS) is 12.4. The third-order valence-corrected chi connectivity index (χ3v) is 5.31. The van der Waals surface area contributed by atoms with Crippen LogP contribution in [-0.2, 0) is 17.7 Å². The fourth-order valence-electron chi connectivity index (χ4n) is 3.62. The average molecular weight is 450 g/mol. The lowest BCUT2D eigenvalue weighted by atomic mass is 10.0. The van der Waals surface area contributed by atoms with E-state index in [9.17, 15) is 9.59 Å². The van der Waals surface area contributed by atoms with Crippen LogP contribution in [-0.4, -0.2) is 22.4 Å². The third-order valence-electron chi connectivity index (χ3n) is 5.31. The Morgan fingerprint density at radius 1 is 0.941 bits per heavy atom. The van der Waals surface area contributed by atoms with E-state index in [2.05, 4.69) is 24.0 Å².